The van der Waals surface area contributed by atoms with Crippen LogP contribution in [0.5, 0.6) is 0 Å². The number of benzene rings is 2. The van der Waals surface area contributed by atoms with Crippen LogP contribution in [0.4, 0.5) is 10.1 Å². The van der Waals surface area contributed by atoms with Crippen LogP contribution in [-0.2, 0) is 4.74 Å². The normalized spacial score (nSPS) is 10.3. The minimum absolute atomic E-state index is 0.0610. The van der Waals surface area contributed by atoms with E-state index in [0.29, 0.717) is 4.90 Å². The molecular weight excluding hydrogens is 345 g/mol. The summed E-state index contributed by atoms with van der Waals surface area (Å²) >= 11 is 4.60. The van der Waals surface area contributed by atoms with E-state index in [9.17, 15) is 9.18 Å². The number of ether oxygens (including phenoxy) is 1. The summed E-state index contributed by atoms with van der Waals surface area (Å²) in [6.07, 6.45) is 0. The van der Waals surface area contributed by atoms with E-state index in [1.165, 1.54) is 24.9 Å². The number of rotatable bonds is 3. The van der Waals surface area contributed by atoms with Gasteiger partial charge in [0.1, 0.15) is 5.82 Å². The summed E-state index contributed by atoms with van der Waals surface area (Å²) in [5.41, 5.74) is 5.85. The second-order valence-electron chi connectivity index (χ2n) is 3.89. The Labute approximate surface area is 128 Å². The summed E-state index contributed by atoms with van der Waals surface area (Å²) in [5.74, 6) is -1.06. The standard InChI is InChI=1S/C14H11BrFNO2S/c1-19-14(18)8-6-13(10(16)7-11(8)17)20-12-5-3-2-4-9(12)15/h2-7H,17H2,1H3. The number of carbonyl (C=O) groups is 1. The molecule has 0 unspecified atom stereocenters. The zero-order valence-corrected chi connectivity index (χ0v) is 12.9. The lowest BCUT2D eigenvalue weighted by atomic mass is 10.2. The van der Waals surface area contributed by atoms with Gasteiger partial charge in [0, 0.05) is 20.0 Å². The lowest BCUT2D eigenvalue weighted by Crippen LogP contribution is -2.06. The average Bonchev–Trinajstić information content (AvgIpc) is 2.43. The van der Waals surface area contributed by atoms with Gasteiger partial charge in [-0.15, -0.1) is 0 Å². The van der Waals surface area contributed by atoms with Crippen molar-refractivity contribution in [3.63, 3.8) is 0 Å². The van der Waals surface area contributed by atoms with Crippen LogP contribution in [0.25, 0.3) is 0 Å². The Morgan fingerprint density at radius 1 is 1.30 bits per heavy atom. The Morgan fingerprint density at radius 3 is 2.65 bits per heavy atom. The third-order valence-electron chi connectivity index (χ3n) is 2.57. The quantitative estimate of drug-likeness (QED) is 0.664. The van der Waals surface area contributed by atoms with Crippen molar-refractivity contribution in [3.8, 4) is 0 Å². The number of nitrogen functional groups attached to an aromatic ring is 1. The topological polar surface area (TPSA) is 52.3 Å². The highest BCUT2D eigenvalue weighted by Gasteiger charge is 2.16. The largest absolute Gasteiger partial charge is 0.465 e. The van der Waals surface area contributed by atoms with E-state index in [1.807, 2.05) is 24.3 Å². The number of esters is 1. The molecule has 0 aliphatic heterocycles. The number of carbonyl (C=O) groups excluding carboxylic acids is 1. The summed E-state index contributed by atoms with van der Waals surface area (Å²) in [6.45, 7) is 0. The molecule has 0 saturated heterocycles. The first-order valence-electron chi connectivity index (χ1n) is 5.62. The molecule has 0 fully saturated rings. The fraction of sp³-hybridized carbons (Fsp3) is 0.0714. The van der Waals surface area contributed by atoms with Gasteiger partial charge >= 0.3 is 5.97 Å². The molecule has 0 atom stereocenters. The molecule has 0 amide bonds. The van der Waals surface area contributed by atoms with E-state index in [-0.39, 0.29) is 11.3 Å². The maximum Gasteiger partial charge on any atom is 0.339 e. The predicted octanol–water partition coefficient (Wildman–Crippen LogP) is 4.11. The van der Waals surface area contributed by atoms with Gasteiger partial charge in [-0.2, -0.15) is 0 Å². The maximum absolute atomic E-state index is 13.9. The van der Waals surface area contributed by atoms with Crippen molar-refractivity contribution in [2.24, 2.45) is 0 Å². The molecule has 0 aromatic heterocycles. The Hall–Kier alpha value is -1.53. The number of nitrogens with two attached hydrogens (primary N) is 1. The Balaban J connectivity index is 2.42. The molecule has 0 saturated carbocycles. The predicted molar refractivity (Wildman–Crippen MR) is 80.4 cm³/mol. The van der Waals surface area contributed by atoms with E-state index in [4.69, 9.17) is 5.73 Å². The third kappa shape index (κ3) is 3.13. The Bertz CT molecular complexity index is 664. The van der Waals surface area contributed by atoms with Crippen LogP contribution >= 0.6 is 27.7 Å². The Kier molecular flexibility index (Phi) is 4.67. The zero-order valence-electron chi connectivity index (χ0n) is 10.5. The lowest BCUT2D eigenvalue weighted by molar-refractivity contribution is 0.0601. The van der Waals surface area contributed by atoms with Crippen molar-refractivity contribution < 1.29 is 13.9 Å². The molecule has 2 rings (SSSR count). The maximum atomic E-state index is 13.9. The minimum Gasteiger partial charge on any atom is -0.465 e. The van der Waals surface area contributed by atoms with Crippen LogP contribution < -0.4 is 5.73 Å². The highest BCUT2D eigenvalue weighted by atomic mass is 79.9. The van der Waals surface area contributed by atoms with Crippen molar-refractivity contribution in [2.45, 2.75) is 9.79 Å². The van der Waals surface area contributed by atoms with E-state index >= 15 is 0 Å². The van der Waals surface area contributed by atoms with Gasteiger partial charge < -0.3 is 10.5 Å². The molecule has 0 spiro atoms. The lowest BCUT2D eigenvalue weighted by Gasteiger charge is -2.09. The smallest absolute Gasteiger partial charge is 0.339 e. The molecule has 0 radical (unpaired) electrons. The molecule has 6 heteroatoms. The molecule has 2 N–H and O–H groups in total. The van der Waals surface area contributed by atoms with E-state index in [1.54, 1.807) is 0 Å². The second-order valence-corrected chi connectivity index (χ2v) is 5.83. The molecule has 2 aromatic rings. The third-order valence-corrected chi connectivity index (χ3v) is 4.63. The van der Waals surface area contributed by atoms with E-state index in [2.05, 4.69) is 20.7 Å². The molecule has 0 bridgehead atoms. The average molecular weight is 356 g/mol. The molecule has 3 nitrogen and oxygen atoms in total. The highest BCUT2D eigenvalue weighted by Crippen LogP contribution is 2.36. The first-order valence-corrected chi connectivity index (χ1v) is 7.23. The fourth-order valence-corrected chi connectivity index (χ4v) is 2.99. The van der Waals surface area contributed by atoms with Crippen LogP contribution in [0.3, 0.4) is 0 Å². The number of anilines is 1. The van der Waals surface area contributed by atoms with E-state index in [0.717, 1.165) is 15.4 Å². The summed E-state index contributed by atoms with van der Waals surface area (Å²) < 4.78 is 19.4. The van der Waals surface area contributed by atoms with Gasteiger partial charge in [0.2, 0.25) is 0 Å². The van der Waals surface area contributed by atoms with Crippen LogP contribution in [0, 0.1) is 5.82 Å². The summed E-state index contributed by atoms with van der Waals surface area (Å²) in [7, 11) is 1.26. The van der Waals surface area contributed by atoms with Gasteiger partial charge in [0.05, 0.1) is 12.7 Å². The van der Waals surface area contributed by atoms with Gasteiger partial charge in [-0.3, -0.25) is 0 Å². The first kappa shape index (κ1) is 14.9. The van der Waals surface area contributed by atoms with Crippen molar-refractivity contribution in [1.29, 1.82) is 0 Å². The van der Waals surface area contributed by atoms with Gasteiger partial charge in [-0.1, -0.05) is 23.9 Å². The van der Waals surface area contributed by atoms with Gasteiger partial charge in [0.15, 0.2) is 0 Å². The van der Waals surface area contributed by atoms with Crippen molar-refractivity contribution in [2.75, 3.05) is 12.8 Å². The number of methoxy groups -OCH3 is 1. The number of hydrogen-bond acceptors (Lipinski definition) is 4. The van der Waals surface area contributed by atoms with Crippen molar-refractivity contribution >= 4 is 39.3 Å². The molecule has 0 heterocycles. The SMILES string of the molecule is COC(=O)c1cc(Sc2ccccc2Br)c(F)cc1N. The summed E-state index contributed by atoms with van der Waals surface area (Å²) in [4.78, 5) is 12.7. The van der Waals surface area contributed by atoms with Crippen LogP contribution in [0.2, 0.25) is 0 Å². The van der Waals surface area contributed by atoms with Gasteiger partial charge in [-0.25, -0.2) is 9.18 Å². The zero-order chi connectivity index (χ0) is 14.7. The van der Waals surface area contributed by atoms with Crippen LogP contribution in [0.15, 0.2) is 50.7 Å². The molecule has 0 aliphatic carbocycles. The molecular formula is C14H11BrFNO2S. The van der Waals surface area contributed by atoms with Crippen LogP contribution in [-0.4, -0.2) is 13.1 Å². The fourth-order valence-electron chi connectivity index (χ4n) is 1.58. The summed E-state index contributed by atoms with van der Waals surface area (Å²) in [6, 6.07) is 9.96. The monoisotopic (exact) mass is 355 g/mol. The van der Waals surface area contributed by atoms with Crippen LogP contribution in [0.1, 0.15) is 10.4 Å². The summed E-state index contributed by atoms with van der Waals surface area (Å²) in [5, 5.41) is 0. The highest BCUT2D eigenvalue weighted by molar-refractivity contribution is 9.10. The Morgan fingerprint density at radius 2 is 2.00 bits per heavy atom. The number of halogens is 2. The van der Waals surface area contributed by atoms with Crippen molar-refractivity contribution in [1.82, 2.24) is 0 Å². The second kappa shape index (κ2) is 6.28. The number of hydrogen-bond donors (Lipinski definition) is 1. The van der Waals surface area contributed by atoms with Gasteiger partial charge in [0.25, 0.3) is 0 Å². The molecule has 0 aliphatic rings. The molecule has 104 valence electrons. The minimum atomic E-state index is -0.587. The van der Waals surface area contributed by atoms with E-state index < -0.39 is 11.8 Å². The molecule has 20 heavy (non-hydrogen) atoms. The first-order chi connectivity index (χ1) is 9.52. The van der Waals surface area contributed by atoms with Crippen molar-refractivity contribution in [3.05, 3.63) is 52.3 Å². The van der Waals surface area contributed by atoms with Gasteiger partial charge in [-0.05, 0) is 40.2 Å². The molecule has 2 aromatic carbocycles.